The molecule has 1 aliphatic rings. The molecule has 56 heavy (non-hydrogen) atoms. The Morgan fingerprint density at radius 1 is 0.964 bits per heavy atom. The zero-order chi connectivity index (χ0) is 42.3. The second-order valence-electron chi connectivity index (χ2n) is 16.0. The molecule has 0 unspecified atom stereocenters. The van der Waals surface area contributed by atoms with Crippen LogP contribution in [-0.2, 0) is 49.5 Å². The molecule has 14 heteroatoms. The molecule has 0 bridgehead atoms. The first-order chi connectivity index (χ1) is 26.3. The lowest BCUT2D eigenvalue weighted by Gasteiger charge is -2.34. The van der Waals surface area contributed by atoms with Crippen molar-refractivity contribution in [2.24, 2.45) is 29.4 Å². The minimum atomic E-state index is -1.22. The minimum Gasteiger partial charge on any atom is -0.497 e. The molecule has 314 valence electrons. The summed E-state index contributed by atoms with van der Waals surface area (Å²) >= 11 is 0. The summed E-state index contributed by atoms with van der Waals surface area (Å²) in [5.74, 6) is -4.63. The lowest BCUT2D eigenvalue weighted by Crippen LogP contribution is -2.57. The first-order valence-electron chi connectivity index (χ1n) is 20.0. The maximum atomic E-state index is 14.2. The highest BCUT2D eigenvalue weighted by atomic mass is 16.6. The first kappa shape index (κ1) is 47.7. The quantitative estimate of drug-likeness (QED) is 0.119. The van der Waals surface area contributed by atoms with E-state index >= 15 is 0 Å². The summed E-state index contributed by atoms with van der Waals surface area (Å²) in [4.78, 5) is 96.1. The number of hydrogen-bond donors (Lipinski definition) is 2. The van der Waals surface area contributed by atoms with Crippen LogP contribution in [0.1, 0.15) is 112 Å². The molecule has 1 aromatic rings. The van der Waals surface area contributed by atoms with Crippen molar-refractivity contribution in [3.8, 4) is 5.75 Å². The molecule has 1 aromatic carbocycles. The lowest BCUT2D eigenvalue weighted by atomic mass is 9.93. The van der Waals surface area contributed by atoms with Crippen molar-refractivity contribution in [2.45, 2.75) is 144 Å². The summed E-state index contributed by atoms with van der Waals surface area (Å²) in [6, 6.07) is 3.91. The molecule has 0 radical (unpaired) electrons. The van der Waals surface area contributed by atoms with Gasteiger partial charge in [-0.25, -0.2) is 4.79 Å². The Kier molecular flexibility index (Phi) is 19.5. The van der Waals surface area contributed by atoms with Crippen LogP contribution >= 0.6 is 0 Å². The molecular weight excluding hydrogens is 720 g/mol. The topological polar surface area (TPSA) is 192 Å². The second-order valence-corrected chi connectivity index (χ2v) is 16.0. The van der Waals surface area contributed by atoms with Gasteiger partial charge in [0.15, 0.2) is 11.9 Å². The third kappa shape index (κ3) is 14.5. The summed E-state index contributed by atoms with van der Waals surface area (Å²) in [5.41, 5.74) is 6.03. The van der Waals surface area contributed by atoms with E-state index < -0.39 is 77.6 Å². The third-order valence-corrected chi connectivity index (χ3v) is 10.4. The SMILES string of the molecule is CC[C@H](C)CCCC(=O)O[C@H](C(=O)[C@H](C)C(=O)N[C@@H](CC(C)C)C(=O)N1CCC[C@H]1C(=O)N(C)[C@@H](Cc1ccc(OC)cc1)C(=O)O[C@H](C)CC(N)=O)C(C)C. The highest BCUT2D eigenvalue weighted by Crippen LogP contribution is 2.25. The van der Waals surface area contributed by atoms with Gasteiger partial charge < -0.3 is 35.1 Å². The van der Waals surface area contributed by atoms with Gasteiger partial charge in [0.2, 0.25) is 23.6 Å². The van der Waals surface area contributed by atoms with Crippen molar-refractivity contribution in [1.82, 2.24) is 15.1 Å². The van der Waals surface area contributed by atoms with E-state index in [2.05, 4.69) is 19.2 Å². The normalized spacial score (nSPS) is 17.3. The molecule has 1 saturated heterocycles. The first-order valence-corrected chi connectivity index (χ1v) is 20.0. The molecule has 4 amide bonds. The molecule has 2 rings (SSSR count). The van der Waals surface area contributed by atoms with Gasteiger partial charge in [-0.2, -0.15) is 0 Å². The number of carbonyl (C=O) groups is 7. The Bertz CT molecular complexity index is 1500. The number of methoxy groups -OCH3 is 1. The van der Waals surface area contributed by atoms with Gasteiger partial charge in [-0.05, 0) is 75.0 Å². The Labute approximate surface area is 332 Å². The molecule has 0 saturated carbocycles. The number of nitrogens with zero attached hydrogens (tertiary/aromatic N) is 2. The van der Waals surface area contributed by atoms with Gasteiger partial charge in [-0.15, -0.1) is 0 Å². The van der Waals surface area contributed by atoms with Crippen LogP contribution in [0.5, 0.6) is 5.75 Å². The molecule has 14 nitrogen and oxygen atoms in total. The molecule has 3 N–H and O–H groups in total. The number of esters is 2. The zero-order valence-electron chi connectivity index (χ0n) is 35.1. The summed E-state index contributed by atoms with van der Waals surface area (Å²) in [7, 11) is 3.01. The number of ether oxygens (including phenoxy) is 3. The van der Waals surface area contributed by atoms with Crippen LogP contribution in [0.25, 0.3) is 0 Å². The monoisotopic (exact) mass is 786 g/mol. The number of amides is 4. The summed E-state index contributed by atoms with van der Waals surface area (Å²) in [6.45, 7) is 14.7. The highest BCUT2D eigenvalue weighted by molar-refractivity contribution is 6.05. The van der Waals surface area contributed by atoms with Crippen molar-refractivity contribution in [3.05, 3.63) is 29.8 Å². The number of ketones is 1. The van der Waals surface area contributed by atoms with E-state index in [0.717, 1.165) is 12.8 Å². The number of nitrogens with two attached hydrogens (primary N) is 1. The number of carbonyl (C=O) groups excluding carboxylic acids is 7. The van der Waals surface area contributed by atoms with Gasteiger partial charge in [-0.1, -0.05) is 66.5 Å². The van der Waals surface area contributed by atoms with E-state index in [1.54, 1.807) is 38.1 Å². The maximum Gasteiger partial charge on any atom is 0.329 e. The Morgan fingerprint density at radius 3 is 2.16 bits per heavy atom. The van der Waals surface area contributed by atoms with Crippen LogP contribution in [0.15, 0.2) is 24.3 Å². The Morgan fingerprint density at radius 2 is 1.61 bits per heavy atom. The van der Waals surface area contributed by atoms with Crippen molar-refractivity contribution >= 4 is 41.4 Å². The van der Waals surface area contributed by atoms with Crippen LogP contribution in [0.3, 0.4) is 0 Å². The Balaban J connectivity index is 2.27. The van der Waals surface area contributed by atoms with Crippen LogP contribution < -0.4 is 15.8 Å². The maximum absolute atomic E-state index is 14.2. The molecular formula is C42H66N4O10. The van der Waals surface area contributed by atoms with Crippen LogP contribution in [0, 0.1) is 23.7 Å². The Hall–Kier alpha value is -4.49. The smallest absolute Gasteiger partial charge is 0.329 e. The van der Waals surface area contributed by atoms with E-state index in [0.29, 0.717) is 36.5 Å². The molecule has 0 aromatic heterocycles. The molecule has 7 atom stereocenters. The van der Waals surface area contributed by atoms with Gasteiger partial charge >= 0.3 is 11.9 Å². The van der Waals surface area contributed by atoms with Gasteiger partial charge in [0.1, 0.15) is 30.0 Å². The van der Waals surface area contributed by atoms with E-state index in [-0.39, 0.29) is 44.1 Å². The van der Waals surface area contributed by atoms with Crippen molar-refractivity contribution in [2.75, 3.05) is 20.7 Å². The zero-order valence-corrected chi connectivity index (χ0v) is 35.1. The molecule has 1 fully saturated rings. The number of Topliss-reactive ketones (excluding diaryl/α,β-unsaturated/α-hetero) is 1. The van der Waals surface area contributed by atoms with Crippen LogP contribution in [-0.4, -0.2) is 102 Å². The average Bonchev–Trinajstić information content (AvgIpc) is 3.63. The number of hydrogen-bond acceptors (Lipinski definition) is 10. The van der Waals surface area contributed by atoms with Gasteiger partial charge in [0, 0.05) is 26.4 Å². The van der Waals surface area contributed by atoms with Gasteiger partial charge in [0.25, 0.3) is 0 Å². The van der Waals surface area contributed by atoms with Gasteiger partial charge in [0.05, 0.1) is 19.4 Å². The predicted molar refractivity (Wildman–Crippen MR) is 211 cm³/mol. The number of benzene rings is 1. The standard InChI is InChI=1S/C42H66N4O10/c1-11-27(6)14-12-16-36(48)56-38(26(4)5)37(49)29(8)39(50)44-32(22-25(2)3)40(51)46-21-13-15-33(46)41(52)45(9)34(42(53)55-28(7)23-35(43)47)24-30-17-19-31(54-10)20-18-30/h17-20,25-29,32-34,38H,11-16,21-24H2,1-10H3,(H2,43,47)(H,44,50)/t27-,28+,29-,32-,33-,34-,38-/m0/s1. The van der Waals surface area contributed by atoms with Crippen molar-refractivity contribution in [3.63, 3.8) is 0 Å². The number of likely N-dealkylation sites (N-methyl/N-ethyl adjacent to an activating group) is 1. The van der Waals surface area contributed by atoms with Crippen LogP contribution in [0.2, 0.25) is 0 Å². The van der Waals surface area contributed by atoms with Crippen LogP contribution in [0.4, 0.5) is 0 Å². The minimum absolute atomic E-state index is 0.0412. The van der Waals surface area contributed by atoms with E-state index in [1.165, 1.54) is 37.8 Å². The second kappa shape index (κ2) is 22.9. The lowest BCUT2D eigenvalue weighted by molar-refractivity contribution is -0.161. The number of likely N-dealkylation sites (tertiary alicyclic amines) is 1. The fourth-order valence-corrected chi connectivity index (χ4v) is 6.73. The van der Waals surface area contributed by atoms with E-state index in [1.807, 2.05) is 13.8 Å². The third-order valence-electron chi connectivity index (χ3n) is 10.4. The largest absolute Gasteiger partial charge is 0.497 e. The fourth-order valence-electron chi connectivity index (χ4n) is 6.73. The number of primary amides is 1. The van der Waals surface area contributed by atoms with E-state index in [4.69, 9.17) is 19.9 Å². The van der Waals surface area contributed by atoms with E-state index in [9.17, 15) is 33.6 Å². The average molecular weight is 787 g/mol. The van der Waals surface area contributed by atoms with Crippen molar-refractivity contribution in [1.29, 1.82) is 0 Å². The predicted octanol–water partition coefficient (Wildman–Crippen LogP) is 4.38. The molecule has 0 aliphatic carbocycles. The molecule has 1 heterocycles. The fraction of sp³-hybridized carbons (Fsp3) is 0.690. The number of rotatable bonds is 23. The van der Waals surface area contributed by atoms with Crippen molar-refractivity contribution < 1.29 is 47.8 Å². The highest BCUT2D eigenvalue weighted by Gasteiger charge is 2.43. The molecule has 1 aliphatic heterocycles. The van der Waals surface area contributed by atoms with Gasteiger partial charge in [-0.3, -0.25) is 28.8 Å². The molecule has 0 spiro atoms. The number of nitrogens with one attached hydrogen (secondary N) is 1. The summed E-state index contributed by atoms with van der Waals surface area (Å²) in [5, 5.41) is 2.78. The summed E-state index contributed by atoms with van der Waals surface area (Å²) in [6.07, 6.45) is 1.69. The summed E-state index contributed by atoms with van der Waals surface area (Å²) < 4.78 is 16.4.